The molecule has 1 heterocycles. The van der Waals surface area contributed by atoms with Crippen molar-refractivity contribution < 1.29 is 9.90 Å². The van der Waals surface area contributed by atoms with Crippen LogP contribution in [0.5, 0.6) is 0 Å². The van der Waals surface area contributed by atoms with Gasteiger partial charge in [0.2, 0.25) is 0 Å². The molecule has 80 valence electrons. The summed E-state index contributed by atoms with van der Waals surface area (Å²) in [7, 11) is 0. The van der Waals surface area contributed by atoms with Crippen molar-refractivity contribution in [1.29, 1.82) is 0 Å². The zero-order chi connectivity index (χ0) is 10.5. The summed E-state index contributed by atoms with van der Waals surface area (Å²) in [6, 6.07) is 0. The first-order valence-electron chi connectivity index (χ1n) is 5.42. The molecule has 1 aromatic rings. The second-order valence-corrected chi connectivity index (χ2v) is 5.48. The molecule has 0 aliphatic heterocycles. The lowest BCUT2D eigenvalue weighted by atomic mass is 9.67. The SMILES string of the molecule is O=C(O)C1(c2csc(C3CC3)n2)CCC1. The number of aliphatic carboxylic acids is 1. The quantitative estimate of drug-likeness (QED) is 0.856. The fourth-order valence-electron chi connectivity index (χ4n) is 2.14. The van der Waals surface area contributed by atoms with Crippen molar-refractivity contribution in [2.45, 2.75) is 43.4 Å². The smallest absolute Gasteiger partial charge is 0.315 e. The van der Waals surface area contributed by atoms with Crippen LogP contribution in [0.1, 0.15) is 48.7 Å². The molecule has 2 fully saturated rings. The van der Waals surface area contributed by atoms with E-state index in [0.29, 0.717) is 5.92 Å². The van der Waals surface area contributed by atoms with Crippen LogP contribution in [0.25, 0.3) is 0 Å². The summed E-state index contributed by atoms with van der Waals surface area (Å²) in [5.74, 6) is -0.0592. The van der Waals surface area contributed by atoms with Gasteiger partial charge < -0.3 is 5.11 Å². The number of hydrogen-bond acceptors (Lipinski definition) is 3. The fraction of sp³-hybridized carbons (Fsp3) is 0.636. The van der Waals surface area contributed by atoms with Crippen LogP contribution in [0, 0.1) is 0 Å². The van der Waals surface area contributed by atoms with Gasteiger partial charge in [0.1, 0.15) is 5.41 Å². The second kappa shape index (κ2) is 3.04. The van der Waals surface area contributed by atoms with Crippen molar-refractivity contribution in [3.8, 4) is 0 Å². The van der Waals surface area contributed by atoms with Gasteiger partial charge >= 0.3 is 5.97 Å². The van der Waals surface area contributed by atoms with E-state index in [9.17, 15) is 9.90 Å². The largest absolute Gasteiger partial charge is 0.481 e. The highest BCUT2D eigenvalue weighted by Gasteiger charge is 2.48. The number of rotatable bonds is 3. The lowest BCUT2D eigenvalue weighted by Crippen LogP contribution is -2.42. The Morgan fingerprint density at radius 1 is 1.53 bits per heavy atom. The van der Waals surface area contributed by atoms with E-state index in [0.717, 1.165) is 30.0 Å². The van der Waals surface area contributed by atoms with Gasteiger partial charge in [-0.2, -0.15) is 0 Å². The molecule has 0 radical (unpaired) electrons. The highest BCUT2D eigenvalue weighted by molar-refractivity contribution is 7.09. The van der Waals surface area contributed by atoms with Crippen LogP contribution in [0.2, 0.25) is 0 Å². The van der Waals surface area contributed by atoms with Gasteiger partial charge in [0.05, 0.1) is 10.7 Å². The Hall–Kier alpha value is -0.900. The maximum atomic E-state index is 11.3. The van der Waals surface area contributed by atoms with Crippen LogP contribution in [-0.4, -0.2) is 16.1 Å². The minimum absolute atomic E-state index is 0.634. The van der Waals surface area contributed by atoms with Gasteiger partial charge in [0.25, 0.3) is 0 Å². The summed E-state index contributed by atoms with van der Waals surface area (Å²) in [6.07, 6.45) is 5.00. The third-order valence-corrected chi connectivity index (χ3v) is 4.56. The summed E-state index contributed by atoms with van der Waals surface area (Å²) < 4.78 is 0. The number of hydrogen-bond donors (Lipinski definition) is 1. The maximum Gasteiger partial charge on any atom is 0.315 e. The van der Waals surface area contributed by atoms with E-state index in [2.05, 4.69) is 4.98 Å². The van der Waals surface area contributed by atoms with Gasteiger partial charge in [-0.3, -0.25) is 4.79 Å². The molecule has 2 aliphatic carbocycles. The average molecular weight is 223 g/mol. The zero-order valence-corrected chi connectivity index (χ0v) is 9.22. The third-order valence-electron chi connectivity index (χ3n) is 3.56. The van der Waals surface area contributed by atoms with E-state index in [1.165, 1.54) is 12.8 Å². The first-order valence-corrected chi connectivity index (χ1v) is 6.30. The molecule has 0 saturated heterocycles. The van der Waals surface area contributed by atoms with Crippen LogP contribution < -0.4 is 0 Å². The van der Waals surface area contributed by atoms with E-state index in [1.807, 2.05) is 5.38 Å². The molecule has 3 nitrogen and oxygen atoms in total. The van der Waals surface area contributed by atoms with Gasteiger partial charge in [-0.25, -0.2) is 4.98 Å². The standard InChI is InChI=1S/C11H13NO2S/c13-10(14)11(4-1-5-11)8-6-15-9(12-8)7-2-3-7/h6-7H,1-5H2,(H,13,14). The van der Waals surface area contributed by atoms with Crippen molar-refractivity contribution in [3.63, 3.8) is 0 Å². The Labute approximate surface area is 92.2 Å². The third kappa shape index (κ3) is 1.31. The van der Waals surface area contributed by atoms with Gasteiger partial charge in [-0.1, -0.05) is 6.42 Å². The summed E-state index contributed by atoms with van der Waals surface area (Å²) >= 11 is 1.64. The van der Waals surface area contributed by atoms with Crippen LogP contribution >= 0.6 is 11.3 Å². The number of aromatic nitrogens is 1. The highest BCUT2D eigenvalue weighted by atomic mass is 32.1. The van der Waals surface area contributed by atoms with Crippen LogP contribution in [0.4, 0.5) is 0 Å². The highest BCUT2D eigenvalue weighted by Crippen LogP contribution is 2.47. The van der Waals surface area contributed by atoms with E-state index in [4.69, 9.17) is 0 Å². The number of carboxylic acids is 1. The summed E-state index contributed by atoms with van der Waals surface area (Å²) in [5.41, 5.74) is 0.178. The molecule has 1 N–H and O–H groups in total. The van der Waals surface area contributed by atoms with E-state index in [1.54, 1.807) is 11.3 Å². The molecular weight excluding hydrogens is 210 g/mol. The van der Waals surface area contributed by atoms with E-state index >= 15 is 0 Å². The predicted molar refractivity (Wildman–Crippen MR) is 57.3 cm³/mol. The molecule has 0 atom stereocenters. The Morgan fingerprint density at radius 3 is 2.73 bits per heavy atom. The lowest BCUT2D eigenvalue weighted by Gasteiger charge is -2.36. The Kier molecular flexibility index (Phi) is 1.89. The molecule has 0 spiro atoms. The topological polar surface area (TPSA) is 50.2 Å². The Bertz CT molecular complexity index is 404. The van der Waals surface area contributed by atoms with Crippen molar-refractivity contribution in [2.75, 3.05) is 0 Å². The Morgan fingerprint density at radius 2 is 2.27 bits per heavy atom. The number of nitrogens with zero attached hydrogens (tertiary/aromatic N) is 1. The van der Waals surface area contributed by atoms with Gasteiger partial charge in [-0.15, -0.1) is 11.3 Å². The summed E-state index contributed by atoms with van der Waals surface area (Å²) in [6.45, 7) is 0. The second-order valence-electron chi connectivity index (χ2n) is 4.59. The van der Waals surface area contributed by atoms with Gasteiger partial charge in [0.15, 0.2) is 0 Å². The molecule has 3 rings (SSSR count). The van der Waals surface area contributed by atoms with E-state index < -0.39 is 11.4 Å². The summed E-state index contributed by atoms with van der Waals surface area (Å²) in [5, 5.41) is 12.4. The molecule has 15 heavy (non-hydrogen) atoms. The van der Waals surface area contributed by atoms with Gasteiger partial charge in [0, 0.05) is 11.3 Å². The Balaban J connectivity index is 1.92. The first kappa shape index (κ1) is 9.33. The van der Waals surface area contributed by atoms with E-state index in [-0.39, 0.29) is 0 Å². The molecule has 4 heteroatoms. The number of thiazole rings is 1. The average Bonchev–Trinajstić information content (AvgIpc) is 2.85. The maximum absolute atomic E-state index is 11.3. The lowest BCUT2D eigenvalue weighted by molar-refractivity contribution is -0.147. The monoisotopic (exact) mass is 223 g/mol. The van der Waals surface area contributed by atoms with Crippen LogP contribution in [0.3, 0.4) is 0 Å². The zero-order valence-electron chi connectivity index (χ0n) is 8.40. The molecule has 0 amide bonds. The van der Waals surface area contributed by atoms with Crippen molar-refractivity contribution >= 4 is 17.3 Å². The van der Waals surface area contributed by atoms with Crippen LogP contribution in [0.15, 0.2) is 5.38 Å². The number of carbonyl (C=O) groups is 1. The fourth-order valence-corrected chi connectivity index (χ4v) is 3.22. The molecule has 0 aromatic carbocycles. The van der Waals surface area contributed by atoms with Gasteiger partial charge in [-0.05, 0) is 25.7 Å². The first-order chi connectivity index (χ1) is 7.22. The predicted octanol–water partition coefficient (Wildman–Crippen LogP) is 2.53. The molecule has 0 bridgehead atoms. The van der Waals surface area contributed by atoms with Crippen molar-refractivity contribution in [1.82, 2.24) is 4.98 Å². The number of carboxylic acid groups (broad SMARTS) is 1. The normalized spacial score (nSPS) is 23.5. The van der Waals surface area contributed by atoms with Crippen LogP contribution in [-0.2, 0) is 10.2 Å². The molecule has 2 saturated carbocycles. The van der Waals surface area contributed by atoms with Crippen molar-refractivity contribution in [3.05, 3.63) is 16.1 Å². The minimum atomic E-state index is -0.693. The molecular formula is C11H13NO2S. The summed E-state index contributed by atoms with van der Waals surface area (Å²) in [4.78, 5) is 15.8. The molecule has 2 aliphatic rings. The molecule has 0 unspecified atom stereocenters. The molecule has 1 aromatic heterocycles. The van der Waals surface area contributed by atoms with Crippen molar-refractivity contribution in [2.24, 2.45) is 0 Å². The minimum Gasteiger partial charge on any atom is -0.481 e.